The third-order valence-electron chi connectivity index (χ3n) is 3.66. The summed E-state index contributed by atoms with van der Waals surface area (Å²) >= 11 is 6.11. The van der Waals surface area contributed by atoms with Crippen LogP contribution in [0.1, 0.15) is 24.8 Å². The molecule has 2 rings (SSSR count). The fraction of sp³-hybridized carbons (Fsp3) is 0.533. The van der Waals surface area contributed by atoms with Crippen LogP contribution in [0.15, 0.2) is 18.2 Å². The summed E-state index contributed by atoms with van der Waals surface area (Å²) in [6.45, 7) is 1.21. The monoisotopic (exact) mass is 297 g/mol. The molecule has 0 unspecified atom stereocenters. The minimum absolute atomic E-state index is 0.213. The summed E-state index contributed by atoms with van der Waals surface area (Å²) in [6, 6.07) is 5.63. The van der Waals surface area contributed by atoms with Crippen LogP contribution in [-0.4, -0.2) is 26.2 Å². The highest BCUT2D eigenvalue weighted by atomic mass is 35.5. The highest BCUT2D eigenvalue weighted by molar-refractivity contribution is 6.32. The van der Waals surface area contributed by atoms with Gasteiger partial charge in [-0.3, -0.25) is 4.79 Å². The fourth-order valence-corrected chi connectivity index (χ4v) is 2.38. The Morgan fingerprint density at radius 2 is 2.15 bits per heavy atom. The highest BCUT2D eigenvalue weighted by Crippen LogP contribution is 2.48. The number of benzene rings is 1. The molecule has 1 aromatic rings. The topological polar surface area (TPSA) is 61.6 Å². The summed E-state index contributed by atoms with van der Waals surface area (Å²) in [5, 5.41) is 0.579. The number of methoxy groups -OCH3 is 1. The number of hydrogen-bond donors (Lipinski definition) is 1. The van der Waals surface area contributed by atoms with Gasteiger partial charge in [0.2, 0.25) is 5.91 Å². The Bertz CT molecular complexity index is 486. The lowest BCUT2D eigenvalue weighted by Gasteiger charge is -2.13. The number of rotatable bonds is 8. The van der Waals surface area contributed by atoms with Gasteiger partial charge >= 0.3 is 0 Å². The van der Waals surface area contributed by atoms with E-state index in [9.17, 15) is 4.79 Å². The molecule has 110 valence electrons. The lowest BCUT2D eigenvalue weighted by atomic mass is 9.96. The second-order valence-electron chi connectivity index (χ2n) is 5.28. The maximum Gasteiger partial charge on any atom is 0.223 e. The standard InChI is InChI=1S/C15H20ClNO3/c1-19-7-2-8-20-13-9-11(3-4-12(13)16)10-15(5-6-15)14(17)18/h3-4,9H,2,5-8,10H2,1H3,(H2,17,18). The van der Waals surface area contributed by atoms with Gasteiger partial charge < -0.3 is 15.2 Å². The van der Waals surface area contributed by atoms with Gasteiger partial charge in [-0.1, -0.05) is 17.7 Å². The summed E-state index contributed by atoms with van der Waals surface area (Å²) < 4.78 is 10.6. The van der Waals surface area contributed by atoms with E-state index >= 15 is 0 Å². The molecule has 0 aliphatic heterocycles. The first-order valence-electron chi connectivity index (χ1n) is 6.77. The maximum absolute atomic E-state index is 11.4. The van der Waals surface area contributed by atoms with Gasteiger partial charge in [-0.25, -0.2) is 0 Å². The molecule has 2 N–H and O–H groups in total. The number of amides is 1. The van der Waals surface area contributed by atoms with E-state index < -0.39 is 0 Å². The Balaban J connectivity index is 1.99. The van der Waals surface area contributed by atoms with Gasteiger partial charge in [0.1, 0.15) is 5.75 Å². The van der Waals surface area contributed by atoms with Crippen LogP contribution in [0.5, 0.6) is 5.75 Å². The smallest absolute Gasteiger partial charge is 0.223 e. The molecule has 5 heteroatoms. The van der Waals surface area contributed by atoms with Crippen LogP contribution in [0.4, 0.5) is 0 Å². The molecule has 0 spiro atoms. The summed E-state index contributed by atoms with van der Waals surface area (Å²) in [6.07, 6.45) is 3.21. The summed E-state index contributed by atoms with van der Waals surface area (Å²) in [7, 11) is 1.66. The first-order valence-corrected chi connectivity index (χ1v) is 7.15. The van der Waals surface area contributed by atoms with Gasteiger partial charge in [-0.05, 0) is 37.0 Å². The van der Waals surface area contributed by atoms with Crippen LogP contribution in [0.25, 0.3) is 0 Å². The van der Waals surface area contributed by atoms with E-state index in [-0.39, 0.29) is 11.3 Å². The van der Waals surface area contributed by atoms with Crippen molar-refractivity contribution >= 4 is 17.5 Å². The predicted octanol–water partition coefficient (Wildman–Crippen LogP) is 2.56. The third-order valence-corrected chi connectivity index (χ3v) is 3.98. The lowest BCUT2D eigenvalue weighted by Crippen LogP contribution is -2.26. The number of halogens is 1. The van der Waals surface area contributed by atoms with E-state index in [1.807, 2.05) is 12.1 Å². The molecule has 1 aliphatic rings. The Kier molecular flexibility index (Phi) is 4.89. The van der Waals surface area contributed by atoms with Gasteiger partial charge in [0.15, 0.2) is 0 Å². The molecule has 1 aromatic carbocycles. The summed E-state index contributed by atoms with van der Waals surface area (Å²) in [4.78, 5) is 11.4. The molecule has 1 fully saturated rings. The lowest BCUT2D eigenvalue weighted by molar-refractivity contribution is -0.123. The van der Waals surface area contributed by atoms with Crippen molar-refractivity contribution in [3.05, 3.63) is 28.8 Å². The first kappa shape index (κ1) is 15.1. The van der Waals surface area contributed by atoms with E-state index in [2.05, 4.69) is 0 Å². The number of nitrogens with two attached hydrogens (primary N) is 1. The fourth-order valence-electron chi connectivity index (χ4n) is 2.21. The van der Waals surface area contributed by atoms with Gasteiger partial charge in [0, 0.05) is 20.1 Å². The van der Waals surface area contributed by atoms with Crippen LogP contribution in [0.2, 0.25) is 5.02 Å². The average Bonchev–Trinajstić information content (AvgIpc) is 3.19. The Morgan fingerprint density at radius 3 is 2.75 bits per heavy atom. The quantitative estimate of drug-likeness (QED) is 0.750. The number of primary amides is 1. The number of ether oxygens (including phenoxy) is 2. The van der Waals surface area contributed by atoms with Crippen molar-refractivity contribution in [2.24, 2.45) is 11.1 Å². The highest BCUT2D eigenvalue weighted by Gasteiger charge is 2.48. The molecule has 0 radical (unpaired) electrons. The third kappa shape index (κ3) is 3.64. The largest absolute Gasteiger partial charge is 0.492 e. The Morgan fingerprint density at radius 1 is 1.40 bits per heavy atom. The van der Waals surface area contributed by atoms with Crippen LogP contribution in [0.3, 0.4) is 0 Å². The minimum Gasteiger partial charge on any atom is -0.492 e. The van der Waals surface area contributed by atoms with Crippen molar-refractivity contribution in [2.45, 2.75) is 25.7 Å². The zero-order chi connectivity index (χ0) is 14.6. The van der Waals surface area contributed by atoms with Crippen molar-refractivity contribution in [3.63, 3.8) is 0 Å². The normalized spacial score (nSPS) is 15.9. The van der Waals surface area contributed by atoms with E-state index in [1.165, 1.54) is 0 Å². The molecule has 1 saturated carbocycles. The number of carbonyl (C=O) groups is 1. The molecule has 20 heavy (non-hydrogen) atoms. The summed E-state index contributed by atoms with van der Waals surface area (Å²) in [5.41, 5.74) is 6.14. The van der Waals surface area contributed by atoms with Crippen molar-refractivity contribution in [3.8, 4) is 5.75 Å². The van der Waals surface area contributed by atoms with Crippen LogP contribution < -0.4 is 10.5 Å². The van der Waals surface area contributed by atoms with Crippen LogP contribution in [0, 0.1) is 5.41 Å². The molecule has 0 atom stereocenters. The number of carbonyl (C=O) groups excluding carboxylic acids is 1. The minimum atomic E-state index is -0.346. The molecule has 0 heterocycles. The zero-order valence-corrected chi connectivity index (χ0v) is 12.4. The Hall–Kier alpha value is -1.26. The van der Waals surface area contributed by atoms with Crippen molar-refractivity contribution in [1.82, 2.24) is 0 Å². The average molecular weight is 298 g/mol. The molecule has 1 amide bonds. The second kappa shape index (κ2) is 6.46. The van der Waals surface area contributed by atoms with E-state index in [4.69, 9.17) is 26.8 Å². The Labute approximate surface area is 124 Å². The second-order valence-corrected chi connectivity index (χ2v) is 5.69. The van der Waals surface area contributed by atoms with Gasteiger partial charge in [-0.15, -0.1) is 0 Å². The molecule has 1 aliphatic carbocycles. The molecule has 0 bridgehead atoms. The van der Waals surface area contributed by atoms with Gasteiger partial charge in [0.05, 0.1) is 17.0 Å². The van der Waals surface area contributed by atoms with E-state index in [1.54, 1.807) is 13.2 Å². The molecule has 0 saturated heterocycles. The van der Waals surface area contributed by atoms with Gasteiger partial charge in [-0.2, -0.15) is 0 Å². The zero-order valence-electron chi connectivity index (χ0n) is 11.7. The maximum atomic E-state index is 11.4. The first-order chi connectivity index (χ1) is 9.57. The van der Waals surface area contributed by atoms with E-state index in [0.29, 0.717) is 30.4 Å². The predicted molar refractivity (Wildman–Crippen MR) is 78.0 cm³/mol. The van der Waals surface area contributed by atoms with Crippen LogP contribution >= 0.6 is 11.6 Å². The SMILES string of the molecule is COCCCOc1cc(CC2(C(N)=O)CC2)ccc1Cl. The molecular weight excluding hydrogens is 278 g/mol. The number of hydrogen-bond acceptors (Lipinski definition) is 3. The van der Waals surface area contributed by atoms with E-state index in [0.717, 1.165) is 24.8 Å². The van der Waals surface area contributed by atoms with Crippen molar-refractivity contribution in [1.29, 1.82) is 0 Å². The molecule has 4 nitrogen and oxygen atoms in total. The van der Waals surface area contributed by atoms with Crippen LogP contribution in [-0.2, 0) is 16.0 Å². The summed E-state index contributed by atoms with van der Waals surface area (Å²) in [5.74, 6) is 0.440. The molecular formula is C15H20ClNO3. The van der Waals surface area contributed by atoms with Crippen molar-refractivity contribution in [2.75, 3.05) is 20.3 Å². The van der Waals surface area contributed by atoms with Crippen molar-refractivity contribution < 1.29 is 14.3 Å². The molecule has 0 aromatic heterocycles. The van der Waals surface area contributed by atoms with Gasteiger partial charge in [0.25, 0.3) is 0 Å².